The summed E-state index contributed by atoms with van der Waals surface area (Å²) in [7, 11) is 0. The Morgan fingerprint density at radius 2 is 1.90 bits per heavy atom. The van der Waals surface area contributed by atoms with Crippen LogP contribution in [0.3, 0.4) is 0 Å². The van der Waals surface area contributed by atoms with Gasteiger partial charge in [0.05, 0.1) is 6.42 Å². The molecule has 2 heterocycles. The van der Waals surface area contributed by atoms with Gasteiger partial charge >= 0.3 is 0 Å². The molecule has 160 valence electrons. The SMILES string of the molecule is O=C(CCc1cccnc1)Nc1cc([C@H]2C[C@@H](NC(=O)Cc3ccc(Cl)cc3)C2)[nH]n1. The maximum Gasteiger partial charge on any atom is 0.225 e. The van der Waals surface area contributed by atoms with Gasteiger partial charge in [-0.2, -0.15) is 5.10 Å². The van der Waals surface area contributed by atoms with Crippen molar-refractivity contribution in [1.82, 2.24) is 20.5 Å². The molecule has 7 nitrogen and oxygen atoms in total. The van der Waals surface area contributed by atoms with E-state index in [1.54, 1.807) is 24.5 Å². The van der Waals surface area contributed by atoms with E-state index in [9.17, 15) is 9.59 Å². The predicted molar refractivity (Wildman–Crippen MR) is 119 cm³/mol. The van der Waals surface area contributed by atoms with Crippen LogP contribution in [0.15, 0.2) is 54.9 Å². The molecular weight excluding hydrogens is 414 g/mol. The first kappa shape index (κ1) is 21.1. The van der Waals surface area contributed by atoms with E-state index in [1.165, 1.54) is 0 Å². The average molecular weight is 438 g/mol. The number of nitrogens with zero attached hydrogens (tertiary/aromatic N) is 2. The monoisotopic (exact) mass is 437 g/mol. The van der Waals surface area contributed by atoms with Gasteiger partial charge in [-0.25, -0.2) is 0 Å². The van der Waals surface area contributed by atoms with Crippen molar-refractivity contribution in [3.63, 3.8) is 0 Å². The summed E-state index contributed by atoms with van der Waals surface area (Å²) in [6.07, 6.45) is 6.53. The van der Waals surface area contributed by atoms with Crippen LogP contribution >= 0.6 is 11.6 Å². The van der Waals surface area contributed by atoms with Crippen LogP contribution in [0, 0.1) is 0 Å². The lowest BCUT2D eigenvalue weighted by molar-refractivity contribution is -0.121. The highest BCUT2D eigenvalue weighted by Crippen LogP contribution is 2.36. The molecule has 0 radical (unpaired) electrons. The molecule has 1 aliphatic rings. The summed E-state index contributed by atoms with van der Waals surface area (Å²) in [6, 6.07) is 13.1. The van der Waals surface area contributed by atoms with Crippen LogP contribution in [0.1, 0.15) is 42.0 Å². The third-order valence-corrected chi connectivity index (χ3v) is 5.70. The first-order valence-corrected chi connectivity index (χ1v) is 10.7. The fraction of sp³-hybridized carbons (Fsp3) is 0.304. The predicted octanol–water partition coefficient (Wildman–Crippen LogP) is 3.63. The highest BCUT2D eigenvalue weighted by Gasteiger charge is 2.32. The molecule has 1 aromatic carbocycles. The molecule has 0 bridgehead atoms. The van der Waals surface area contributed by atoms with Crippen molar-refractivity contribution in [1.29, 1.82) is 0 Å². The number of nitrogens with one attached hydrogen (secondary N) is 3. The van der Waals surface area contributed by atoms with Crippen molar-refractivity contribution in [3.8, 4) is 0 Å². The van der Waals surface area contributed by atoms with Gasteiger partial charge in [0.15, 0.2) is 5.82 Å². The van der Waals surface area contributed by atoms with Gasteiger partial charge in [0.2, 0.25) is 11.8 Å². The summed E-state index contributed by atoms with van der Waals surface area (Å²) in [6.45, 7) is 0. The van der Waals surface area contributed by atoms with Crippen molar-refractivity contribution in [2.45, 2.75) is 44.1 Å². The van der Waals surface area contributed by atoms with Crippen LogP contribution < -0.4 is 10.6 Å². The summed E-state index contributed by atoms with van der Waals surface area (Å²) >= 11 is 5.87. The molecule has 2 amide bonds. The Morgan fingerprint density at radius 1 is 1.10 bits per heavy atom. The molecule has 0 spiro atoms. The van der Waals surface area contributed by atoms with Crippen molar-refractivity contribution in [2.24, 2.45) is 0 Å². The first-order valence-electron chi connectivity index (χ1n) is 10.3. The molecule has 31 heavy (non-hydrogen) atoms. The van der Waals surface area contributed by atoms with Crippen LogP contribution in [0.5, 0.6) is 0 Å². The lowest BCUT2D eigenvalue weighted by Crippen LogP contribution is -2.44. The van der Waals surface area contributed by atoms with Crippen molar-refractivity contribution >= 4 is 29.2 Å². The number of amides is 2. The lowest BCUT2D eigenvalue weighted by Gasteiger charge is -2.35. The second-order valence-electron chi connectivity index (χ2n) is 7.85. The highest BCUT2D eigenvalue weighted by molar-refractivity contribution is 6.30. The number of carbonyl (C=O) groups is 2. The average Bonchev–Trinajstić information content (AvgIpc) is 3.19. The van der Waals surface area contributed by atoms with E-state index in [4.69, 9.17) is 11.6 Å². The largest absolute Gasteiger partial charge is 0.353 e. The third-order valence-electron chi connectivity index (χ3n) is 5.45. The second kappa shape index (κ2) is 9.75. The van der Waals surface area contributed by atoms with Crippen LogP contribution in [0.25, 0.3) is 0 Å². The molecular formula is C23H24ClN5O2. The number of aromatic nitrogens is 3. The third kappa shape index (κ3) is 5.92. The number of hydrogen-bond donors (Lipinski definition) is 3. The molecule has 3 aromatic rings. The number of halogens is 1. The Labute approximate surface area is 185 Å². The zero-order chi connectivity index (χ0) is 21.6. The van der Waals surface area contributed by atoms with Gasteiger partial charge in [-0.05, 0) is 48.6 Å². The molecule has 0 unspecified atom stereocenters. The standard InChI is InChI=1S/C23H24ClN5O2/c24-18-6-3-15(4-7-18)10-23(31)26-19-11-17(12-19)20-13-21(29-28-20)27-22(30)8-5-16-2-1-9-25-14-16/h1-4,6-7,9,13-14,17,19H,5,8,10-12H2,(H,26,31)(H2,27,28,29,30)/t17-,19+. The fourth-order valence-corrected chi connectivity index (χ4v) is 3.80. The Morgan fingerprint density at radius 3 is 2.65 bits per heavy atom. The number of H-pyrrole nitrogens is 1. The van der Waals surface area contributed by atoms with Crippen LogP contribution in [-0.2, 0) is 22.4 Å². The number of benzene rings is 1. The number of hydrogen-bond acceptors (Lipinski definition) is 4. The Kier molecular flexibility index (Phi) is 6.62. The minimum absolute atomic E-state index is 0.0111. The maximum absolute atomic E-state index is 12.2. The van der Waals surface area contributed by atoms with Crippen LogP contribution in [0.2, 0.25) is 5.02 Å². The first-order chi connectivity index (χ1) is 15.0. The van der Waals surface area contributed by atoms with Gasteiger partial charge in [-0.15, -0.1) is 0 Å². The lowest BCUT2D eigenvalue weighted by atomic mass is 9.78. The number of anilines is 1. The Bertz CT molecular complexity index is 1030. The molecule has 0 atom stereocenters. The van der Waals surface area contributed by atoms with Crippen molar-refractivity contribution in [2.75, 3.05) is 5.32 Å². The van der Waals surface area contributed by atoms with Gasteiger partial charge in [0.1, 0.15) is 0 Å². The summed E-state index contributed by atoms with van der Waals surface area (Å²) in [5.74, 6) is 0.760. The quantitative estimate of drug-likeness (QED) is 0.501. The Hall–Kier alpha value is -3.19. The second-order valence-corrected chi connectivity index (χ2v) is 8.29. The molecule has 1 fully saturated rings. The van der Waals surface area contributed by atoms with E-state index < -0.39 is 0 Å². The molecule has 0 aliphatic heterocycles. The van der Waals surface area contributed by atoms with Gasteiger partial charge in [0, 0.05) is 47.6 Å². The molecule has 8 heteroatoms. The summed E-state index contributed by atoms with van der Waals surface area (Å²) in [4.78, 5) is 28.4. The van der Waals surface area contributed by atoms with Gasteiger partial charge in [-0.3, -0.25) is 19.7 Å². The van der Waals surface area contributed by atoms with E-state index in [1.807, 2.05) is 30.3 Å². The van der Waals surface area contributed by atoms with Crippen molar-refractivity contribution < 1.29 is 9.59 Å². The molecule has 0 saturated heterocycles. The van der Waals surface area contributed by atoms with E-state index in [2.05, 4.69) is 25.8 Å². The number of aromatic amines is 1. The molecule has 3 N–H and O–H groups in total. The summed E-state index contributed by atoms with van der Waals surface area (Å²) in [5, 5.41) is 13.8. The Balaban J connectivity index is 1.18. The summed E-state index contributed by atoms with van der Waals surface area (Å²) < 4.78 is 0. The van der Waals surface area contributed by atoms with Crippen LogP contribution in [0.4, 0.5) is 5.82 Å². The fourth-order valence-electron chi connectivity index (χ4n) is 3.68. The highest BCUT2D eigenvalue weighted by atomic mass is 35.5. The van der Waals surface area contributed by atoms with Gasteiger partial charge < -0.3 is 10.6 Å². The summed E-state index contributed by atoms with van der Waals surface area (Å²) in [5.41, 5.74) is 2.94. The number of aryl methyl sites for hydroxylation is 1. The van der Waals surface area contributed by atoms with Gasteiger partial charge in [-0.1, -0.05) is 29.8 Å². The molecule has 1 saturated carbocycles. The zero-order valence-electron chi connectivity index (χ0n) is 17.0. The topological polar surface area (TPSA) is 99.8 Å². The minimum Gasteiger partial charge on any atom is -0.353 e. The van der Waals surface area contributed by atoms with Crippen LogP contribution in [-0.4, -0.2) is 33.0 Å². The number of pyridine rings is 1. The van der Waals surface area contributed by atoms with E-state index >= 15 is 0 Å². The molecule has 4 rings (SSSR count). The normalized spacial score (nSPS) is 17.6. The van der Waals surface area contributed by atoms with Gasteiger partial charge in [0.25, 0.3) is 0 Å². The van der Waals surface area contributed by atoms with E-state index in [0.29, 0.717) is 36.0 Å². The van der Waals surface area contributed by atoms with E-state index in [0.717, 1.165) is 29.7 Å². The number of rotatable bonds is 8. The van der Waals surface area contributed by atoms with Crippen molar-refractivity contribution in [3.05, 3.63) is 76.7 Å². The molecule has 2 aromatic heterocycles. The minimum atomic E-state index is -0.0807. The van der Waals surface area contributed by atoms with E-state index in [-0.39, 0.29) is 17.9 Å². The number of carbonyl (C=O) groups excluding carboxylic acids is 2. The molecule has 1 aliphatic carbocycles. The maximum atomic E-state index is 12.2. The smallest absolute Gasteiger partial charge is 0.225 e. The zero-order valence-corrected chi connectivity index (χ0v) is 17.7.